The minimum Gasteiger partial charge on any atom is -0.497 e. The Balaban J connectivity index is 2.25. The van der Waals surface area contributed by atoms with Gasteiger partial charge in [0.1, 0.15) is 10.4 Å². The number of methoxy groups -OCH3 is 1. The minimum atomic E-state index is 0.842. The summed E-state index contributed by atoms with van der Waals surface area (Å²) < 4.78 is 8.10. The van der Waals surface area contributed by atoms with Crippen LogP contribution in [0.1, 0.15) is 0 Å². The van der Waals surface area contributed by atoms with Gasteiger partial charge in [0.15, 0.2) is 0 Å². The van der Waals surface area contributed by atoms with E-state index < -0.39 is 0 Å². The molecule has 3 rings (SSSR count). The van der Waals surface area contributed by atoms with E-state index in [1.54, 1.807) is 7.11 Å². The fraction of sp³-hybridized carbons (Fsp3) is 0.118. The van der Waals surface area contributed by atoms with Crippen molar-refractivity contribution in [1.82, 2.24) is 4.57 Å². The summed E-state index contributed by atoms with van der Waals surface area (Å²) in [5.41, 5.74) is 3.33. The number of pyridine rings is 1. The third-order valence-electron chi connectivity index (χ3n) is 3.53. The molecule has 0 saturated heterocycles. The second-order valence-corrected chi connectivity index (χ2v) is 5.10. The van der Waals surface area contributed by atoms with E-state index in [9.17, 15) is 0 Å². The predicted octanol–water partition coefficient (Wildman–Crippen LogP) is 4.58. The Morgan fingerprint density at radius 3 is 2.40 bits per heavy atom. The van der Waals surface area contributed by atoms with Gasteiger partial charge in [0.05, 0.1) is 7.11 Å². The van der Waals surface area contributed by atoms with E-state index >= 15 is 0 Å². The molecule has 100 valence electrons. The van der Waals surface area contributed by atoms with Crippen LogP contribution in [-0.4, -0.2) is 11.7 Å². The zero-order valence-electron chi connectivity index (χ0n) is 11.5. The van der Waals surface area contributed by atoms with Gasteiger partial charge in [-0.1, -0.05) is 42.5 Å². The number of fused-ring (bicyclic) bond motifs is 1. The number of benzene rings is 2. The summed E-state index contributed by atoms with van der Waals surface area (Å²) >= 11 is 5.60. The molecule has 0 radical (unpaired) electrons. The molecule has 0 unspecified atom stereocenters. The van der Waals surface area contributed by atoms with E-state index in [4.69, 9.17) is 17.0 Å². The molecule has 0 fully saturated rings. The third-order valence-corrected chi connectivity index (χ3v) is 4.03. The van der Waals surface area contributed by atoms with Crippen molar-refractivity contribution in [2.24, 2.45) is 7.05 Å². The first-order valence-electron chi connectivity index (χ1n) is 6.44. The molecule has 0 aliphatic heterocycles. The maximum Gasteiger partial charge on any atom is 0.118 e. The van der Waals surface area contributed by atoms with E-state index in [0.717, 1.165) is 27.0 Å². The summed E-state index contributed by atoms with van der Waals surface area (Å²) in [6.45, 7) is 0. The number of aryl methyl sites for hydroxylation is 1. The van der Waals surface area contributed by atoms with E-state index in [1.165, 1.54) is 5.39 Å². The van der Waals surface area contributed by atoms with Crippen molar-refractivity contribution in [2.45, 2.75) is 0 Å². The minimum absolute atomic E-state index is 0.842. The Labute approximate surface area is 123 Å². The first-order valence-corrected chi connectivity index (χ1v) is 6.85. The molecule has 0 aliphatic rings. The van der Waals surface area contributed by atoms with Crippen molar-refractivity contribution in [3.63, 3.8) is 0 Å². The molecule has 0 N–H and O–H groups in total. The molecule has 0 atom stereocenters. The predicted molar refractivity (Wildman–Crippen MR) is 85.7 cm³/mol. The monoisotopic (exact) mass is 281 g/mol. The molecule has 0 amide bonds. The summed E-state index contributed by atoms with van der Waals surface area (Å²) in [6, 6.07) is 18.4. The summed E-state index contributed by atoms with van der Waals surface area (Å²) in [5.74, 6) is 0.852. The molecular weight excluding hydrogens is 266 g/mol. The molecule has 3 heteroatoms. The highest BCUT2D eigenvalue weighted by atomic mass is 32.1. The number of nitrogens with zero attached hydrogens (tertiary/aromatic N) is 1. The molecule has 2 aromatic carbocycles. The van der Waals surface area contributed by atoms with E-state index in [1.807, 2.05) is 43.4 Å². The maximum absolute atomic E-state index is 5.60. The largest absolute Gasteiger partial charge is 0.497 e. The zero-order chi connectivity index (χ0) is 14.1. The summed E-state index contributed by atoms with van der Waals surface area (Å²) in [6.07, 6.45) is 0. The van der Waals surface area contributed by atoms with E-state index in [-0.39, 0.29) is 0 Å². The first-order chi connectivity index (χ1) is 9.70. The quantitative estimate of drug-likeness (QED) is 0.638. The highest BCUT2D eigenvalue weighted by Gasteiger charge is 2.06. The molecule has 0 saturated carbocycles. The highest BCUT2D eigenvalue weighted by Crippen LogP contribution is 2.27. The molecule has 20 heavy (non-hydrogen) atoms. The molecule has 1 heterocycles. The number of aromatic nitrogens is 1. The van der Waals surface area contributed by atoms with Crippen LogP contribution < -0.4 is 4.74 Å². The van der Waals surface area contributed by atoms with Crippen LogP contribution in [0.25, 0.3) is 22.0 Å². The van der Waals surface area contributed by atoms with Crippen molar-refractivity contribution < 1.29 is 4.74 Å². The van der Waals surface area contributed by atoms with Gasteiger partial charge < -0.3 is 9.30 Å². The van der Waals surface area contributed by atoms with E-state index in [0.29, 0.717) is 0 Å². The molecule has 2 nitrogen and oxygen atoms in total. The SMILES string of the molecule is COc1ccc(-c2cc3ccccc3n(C)c2=S)cc1. The van der Waals surface area contributed by atoms with Gasteiger partial charge in [0, 0.05) is 18.1 Å². The average molecular weight is 281 g/mol. The Bertz CT molecular complexity index is 819. The van der Waals surface area contributed by atoms with E-state index in [2.05, 4.69) is 22.8 Å². The lowest BCUT2D eigenvalue weighted by atomic mass is 10.0. The Kier molecular flexibility index (Phi) is 3.28. The lowest BCUT2D eigenvalue weighted by molar-refractivity contribution is 0.415. The molecule has 1 aromatic heterocycles. The van der Waals surface area contributed by atoms with Gasteiger partial charge in [-0.25, -0.2) is 0 Å². The summed E-state index contributed by atoms with van der Waals surface area (Å²) in [7, 11) is 3.68. The van der Waals surface area contributed by atoms with Crippen LogP contribution in [0.2, 0.25) is 0 Å². The van der Waals surface area contributed by atoms with Crippen LogP contribution in [0.15, 0.2) is 54.6 Å². The highest BCUT2D eigenvalue weighted by molar-refractivity contribution is 7.71. The van der Waals surface area contributed by atoms with Gasteiger partial charge in [-0.15, -0.1) is 0 Å². The number of para-hydroxylation sites is 1. The van der Waals surface area contributed by atoms with Gasteiger partial charge in [-0.3, -0.25) is 0 Å². The zero-order valence-corrected chi connectivity index (χ0v) is 12.3. The second-order valence-electron chi connectivity index (χ2n) is 4.71. The van der Waals surface area contributed by atoms with Gasteiger partial charge >= 0.3 is 0 Å². The van der Waals surface area contributed by atoms with Crippen LogP contribution in [0, 0.1) is 4.64 Å². The molecular formula is C17H15NOS. The average Bonchev–Trinajstić information content (AvgIpc) is 2.51. The standard InChI is InChI=1S/C17H15NOS/c1-18-16-6-4-3-5-13(16)11-15(17(18)20)12-7-9-14(19-2)10-8-12/h3-11H,1-2H3. The normalized spacial score (nSPS) is 10.7. The lowest BCUT2D eigenvalue weighted by Gasteiger charge is -2.11. The van der Waals surface area contributed by atoms with Crippen molar-refractivity contribution in [1.29, 1.82) is 0 Å². The van der Waals surface area contributed by atoms with Gasteiger partial charge in [-0.2, -0.15) is 0 Å². The Morgan fingerprint density at radius 1 is 1.00 bits per heavy atom. The maximum atomic E-state index is 5.60. The van der Waals surface area contributed by atoms with Crippen LogP contribution in [-0.2, 0) is 7.05 Å². The van der Waals surface area contributed by atoms with Crippen LogP contribution in [0.5, 0.6) is 5.75 Å². The second kappa shape index (κ2) is 5.10. The van der Waals surface area contributed by atoms with Crippen molar-refractivity contribution >= 4 is 23.1 Å². The smallest absolute Gasteiger partial charge is 0.118 e. The van der Waals surface area contributed by atoms with Crippen molar-refractivity contribution in [3.8, 4) is 16.9 Å². The Morgan fingerprint density at radius 2 is 1.70 bits per heavy atom. The molecule has 0 aliphatic carbocycles. The number of ether oxygens (including phenoxy) is 1. The lowest BCUT2D eigenvalue weighted by Crippen LogP contribution is -1.97. The molecule has 0 bridgehead atoms. The fourth-order valence-electron chi connectivity index (χ4n) is 2.40. The topological polar surface area (TPSA) is 14.2 Å². The third kappa shape index (κ3) is 2.10. The van der Waals surface area contributed by atoms with Crippen molar-refractivity contribution in [2.75, 3.05) is 7.11 Å². The number of hydrogen-bond acceptors (Lipinski definition) is 2. The summed E-state index contributed by atoms with van der Waals surface area (Å²) in [4.78, 5) is 0. The van der Waals surface area contributed by atoms with Crippen molar-refractivity contribution in [3.05, 3.63) is 59.2 Å². The Hall–Kier alpha value is -2.13. The number of rotatable bonds is 2. The van der Waals surface area contributed by atoms with Crippen LogP contribution in [0.4, 0.5) is 0 Å². The van der Waals surface area contributed by atoms with Crippen LogP contribution in [0.3, 0.4) is 0 Å². The van der Waals surface area contributed by atoms with Crippen LogP contribution >= 0.6 is 12.2 Å². The molecule has 0 spiro atoms. The summed E-state index contributed by atoms with van der Waals surface area (Å²) in [5, 5.41) is 1.19. The van der Waals surface area contributed by atoms with Gasteiger partial charge in [0.2, 0.25) is 0 Å². The first kappa shape index (κ1) is 12.9. The van der Waals surface area contributed by atoms with Gasteiger partial charge in [-0.05, 0) is 35.2 Å². The number of hydrogen-bond donors (Lipinski definition) is 0. The fourth-order valence-corrected chi connectivity index (χ4v) is 2.67. The molecule has 3 aromatic rings. The van der Waals surface area contributed by atoms with Gasteiger partial charge in [0.25, 0.3) is 0 Å².